The van der Waals surface area contributed by atoms with Gasteiger partial charge in [0.25, 0.3) is 0 Å². The fourth-order valence-electron chi connectivity index (χ4n) is 3.70. The van der Waals surface area contributed by atoms with Gasteiger partial charge in [-0.15, -0.1) is 0 Å². The molecule has 2 heterocycles. The van der Waals surface area contributed by atoms with Crippen LogP contribution >= 0.6 is 0 Å². The number of hydrogen-bond acceptors (Lipinski definition) is 4. The molecule has 1 aromatic heterocycles. The number of aromatic nitrogens is 2. The van der Waals surface area contributed by atoms with E-state index in [1.807, 2.05) is 25.3 Å². The third-order valence-electron chi connectivity index (χ3n) is 5.25. The van der Waals surface area contributed by atoms with E-state index in [9.17, 15) is 4.79 Å². The molecule has 1 atom stereocenters. The second-order valence-corrected chi connectivity index (χ2v) is 7.57. The van der Waals surface area contributed by atoms with Gasteiger partial charge in [0.2, 0.25) is 5.91 Å². The molecule has 1 fully saturated rings. The number of benzene rings is 2. The molecule has 28 heavy (non-hydrogen) atoms. The number of fused-ring (bicyclic) bond motifs is 1. The van der Waals surface area contributed by atoms with Gasteiger partial charge >= 0.3 is 0 Å². The Bertz CT molecular complexity index is 945. The summed E-state index contributed by atoms with van der Waals surface area (Å²) < 4.78 is 0. The van der Waals surface area contributed by atoms with E-state index in [0.29, 0.717) is 13.0 Å². The first-order valence-electron chi connectivity index (χ1n) is 9.98. The van der Waals surface area contributed by atoms with Crippen LogP contribution in [-0.2, 0) is 11.3 Å². The Hall–Kier alpha value is -2.86. The molecule has 3 N–H and O–H groups in total. The zero-order valence-corrected chi connectivity index (χ0v) is 16.2. The van der Waals surface area contributed by atoms with E-state index < -0.39 is 0 Å². The number of carbonyl (C=O) groups excluding carboxylic acids is 1. The first-order chi connectivity index (χ1) is 13.7. The molecule has 4 rings (SSSR count). The lowest BCUT2D eigenvalue weighted by atomic mass is 10.1. The van der Waals surface area contributed by atoms with Crippen molar-refractivity contribution < 1.29 is 4.79 Å². The Morgan fingerprint density at radius 2 is 2.07 bits per heavy atom. The molecule has 1 aliphatic heterocycles. The van der Waals surface area contributed by atoms with E-state index >= 15 is 0 Å². The van der Waals surface area contributed by atoms with Gasteiger partial charge in [-0.05, 0) is 49.6 Å². The number of aromatic amines is 1. The molecule has 146 valence electrons. The van der Waals surface area contributed by atoms with Gasteiger partial charge in [-0.3, -0.25) is 9.89 Å². The first kappa shape index (κ1) is 18.5. The number of rotatable bonds is 7. The minimum Gasteiger partial charge on any atom is -0.371 e. The minimum atomic E-state index is 0.0302. The number of carbonyl (C=O) groups is 1. The van der Waals surface area contributed by atoms with Crippen molar-refractivity contribution in [3.63, 3.8) is 0 Å². The summed E-state index contributed by atoms with van der Waals surface area (Å²) in [6.07, 6.45) is 4.73. The molecule has 6 nitrogen and oxygen atoms in total. The van der Waals surface area contributed by atoms with Gasteiger partial charge in [0.05, 0.1) is 11.7 Å². The normalized spacial score (nSPS) is 15.1. The van der Waals surface area contributed by atoms with Crippen LogP contribution in [0, 0.1) is 0 Å². The number of anilines is 2. The van der Waals surface area contributed by atoms with Crippen LogP contribution in [-0.4, -0.2) is 35.2 Å². The highest BCUT2D eigenvalue weighted by atomic mass is 16.1. The average molecular weight is 377 g/mol. The molecule has 1 aliphatic rings. The first-order valence-corrected chi connectivity index (χ1v) is 9.98. The van der Waals surface area contributed by atoms with Crippen molar-refractivity contribution in [2.75, 3.05) is 23.3 Å². The summed E-state index contributed by atoms with van der Waals surface area (Å²) in [5.41, 5.74) is 4.26. The predicted octanol–water partition coefficient (Wildman–Crippen LogP) is 3.67. The zero-order chi connectivity index (χ0) is 19.3. The molecule has 6 heteroatoms. The molecule has 3 aromatic rings. The summed E-state index contributed by atoms with van der Waals surface area (Å²) in [4.78, 5) is 14.8. The van der Waals surface area contributed by atoms with E-state index in [4.69, 9.17) is 0 Å². The van der Waals surface area contributed by atoms with Gasteiger partial charge in [-0.2, -0.15) is 5.10 Å². The molecule has 2 aromatic carbocycles. The summed E-state index contributed by atoms with van der Waals surface area (Å²) in [5.74, 6) is 0.0302. The van der Waals surface area contributed by atoms with Gasteiger partial charge in [0.1, 0.15) is 0 Å². The van der Waals surface area contributed by atoms with Crippen molar-refractivity contribution >= 4 is 28.2 Å². The highest BCUT2D eigenvalue weighted by Gasteiger charge is 2.14. The number of nitrogens with zero attached hydrogens (tertiary/aromatic N) is 2. The van der Waals surface area contributed by atoms with Crippen LogP contribution in [0.1, 0.15) is 31.7 Å². The van der Waals surface area contributed by atoms with Crippen molar-refractivity contribution in [1.82, 2.24) is 15.5 Å². The Balaban J connectivity index is 1.27. The fraction of sp³-hybridized carbons (Fsp3) is 0.364. The van der Waals surface area contributed by atoms with Gasteiger partial charge in [-0.25, -0.2) is 0 Å². The summed E-state index contributed by atoms with van der Waals surface area (Å²) in [5, 5.41) is 14.6. The SMILES string of the molecule is CC(CC(=O)Nc1cccc(N2CCCC2)c1)NCc1ccc2cn[nH]c2c1. The number of amides is 1. The van der Waals surface area contributed by atoms with Gasteiger partial charge in [0, 0.05) is 48.9 Å². The van der Waals surface area contributed by atoms with Crippen LogP contribution < -0.4 is 15.5 Å². The molecule has 0 saturated carbocycles. The molecular weight excluding hydrogens is 350 g/mol. The van der Waals surface area contributed by atoms with Gasteiger partial charge in [-0.1, -0.05) is 18.2 Å². The number of hydrogen-bond donors (Lipinski definition) is 3. The summed E-state index contributed by atoms with van der Waals surface area (Å²) in [6.45, 7) is 4.95. The minimum absolute atomic E-state index is 0.0302. The Labute approximate surface area is 165 Å². The Kier molecular flexibility index (Phi) is 5.58. The molecular formula is C22H27N5O. The largest absolute Gasteiger partial charge is 0.371 e. The van der Waals surface area contributed by atoms with Crippen molar-refractivity contribution in [3.8, 4) is 0 Å². The fourth-order valence-corrected chi connectivity index (χ4v) is 3.70. The van der Waals surface area contributed by atoms with E-state index in [1.165, 1.54) is 24.1 Å². The van der Waals surface area contributed by atoms with E-state index in [0.717, 1.165) is 29.7 Å². The molecule has 1 saturated heterocycles. The van der Waals surface area contributed by atoms with Crippen molar-refractivity contribution in [1.29, 1.82) is 0 Å². The smallest absolute Gasteiger partial charge is 0.225 e. The quantitative estimate of drug-likeness (QED) is 0.587. The topological polar surface area (TPSA) is 73.1 Å². The summed E-state index contributed by atoms with van der Waals surface area (Å²) in [7, 11) is 0. The maximum Gasteiger partial charge on any atom is 0.225 e. The average Bonchev–Trinajstić information content (AvgIpc) is 3.38. The van der Waals surface area contributed by atoms with Crippen molar-refractivity contribution in [3.05, 3.63) is 54.2 Å². The molecule has 0 spiro atoms. The number of nitrogens with one attached hydrogen (secondary N) is 3. The van der Waals surface area contributed by atoms with Gasteiger partial charge < -0.3 is 15.5 Å². The lowest BCUT2D eigenvalue weighted by molar-refractivity contribution is -0.116. The summed E-state index contributed by atoms with van der Waals surface area (Å²) in [6, 6.07) is 14.5. The maximum atomic E-state index is 12.4. The molecule has 0 aliphatic carbocycles. The van der Waals surface area contributed by atoms with Crippen molar-refractivity contribution in [2.45, 2.75) is 38.8 Å². The highest BCUT2D eigenvalue weighted by molar-refractivity contribution is 5.91. The second-order valence-electron chi connectivity index (χ2n) is 7.57. The lowest BCUT2D eigenvalue weighted by Crippen LogP contribution is -2.30. The Morgan fingerprint density at radius 1 is 1.21 bits per heavy atom. The third kappa shape index (κ3) is 4.51. The Morgan fingerprint density at radius 3 is 2.93 bits per heavy atom. The monoisotopic (exact) mass is 377 g/mol. The molecule has 0 bridgehead atoms. The van der Waals surface area contributed by atoms with E-state index in [2.05, 4.69) is 56.1 Å². The molecule has 0 radical (unpaired) electrons. The maximum absolute atomic E-state index is 12.4. The zero-order valence-electron chi connectivity index (χ0n) is 16.2. The van der Waals surface area contributed by atoms with Crippen LogP contribution in [0.25, 0.3) is 10.9 Å². The van der Waals surface area contributed by atoms with Gasteiger partial charge in [0.15, 0.2) is 0 Å². The third-order valence-corrected chi connectivity index (χ3v) is 5.25. The standard InChI is InChI=1S/C22H27N5O/c1-16(23-14-17-7-8-18-15-24-26-21(18)12-17)11-22(28)25-19-5-4-6-20(13-19)27-9-2-3-10-27/h4-8,12-13,15-16,23H,2-3,9-11,14H2,1H3,(H,24,26)(H,25,28). The van der Waals surface area contributed by atoms with Crippen LogP contribution in [0.4, 0.5) is 11.4 Å². The van der Waals surface area contributed by atoms with Crippen LogP contribution in [0.5, 0.6) is 0 Å². The van der Waals surface area contributed by atoms with Crippen LogP contribution in [0.15, 0.2) is 48.7 Å². The van der Waals surface area contributed by atoms with E-state index in [-0.39, 0.29) is 11.9 Å². The second kappa shape index (κ2) is 8.44. The summed E-state index contributed by atoms with van der Waals surface area (Å²) >= 11 is 0. The molecule has 1 amide bonds. The predicted molar refractivity (Wildman–Crippen MR) is 114 cm³/mol. The van der Waals surface area contributed by atoms with Crippen LogP contribution in [0.3, 0.4) is 0 Å². The number of H-pyrrole nitrogens is 1. The van der Waals surface area contributed by atoms with Crippen molar-refractivity contribution in [2.24, 2.45) is 0 Å². The molecule has 1 unspecified atom stereocenters. The highest BCUT2D eigenvalue weighted by Crippen LogP contribution is 2.23. The lowest BCUT2D eigenvalue weighted by Gasteiger charge is -2.19. The van der Waals surface area contributed by atoms with Crippen LogP contribution in [0.2, 0.25) is 0 Å². The van der Waals surface area contributed by atoms with E-state index in [1.54, 1.807) is 0 Å².